The van der Waals surface area contributed by atoms with Crippen molar-refractivity contribution < 1.29 is 24.2 Å². The largest absolute Gasteiger partial charge is 0.507 e. The van der Waals surface area contributed by atoms with Gasteiger partial charge in [0.15, 0.2) is 6.61 Å². The molecule has 3 N–H and O–H groups in total. The van der Waals surface area contributed by atoms with E-state index in [1.165, 1.54) is 6.07 Å². The van der Waals surface area contributed by atoms with Crippen LogP contribution < -0.4 is 10.9 Å². The Morgan fingerprint density at radius 2 is 1.72 bits per heavy atom. The van der Waals surface area contributed by atoms with E-state index in [0.717, 1.165) is 0 Å². The molecule has 7 nitrogen and oxygen atoms in total. The minimum absolute atomic E-state index is 0.0370. The van der Waals surface area contributed by atoms with Crippen LogP contribution in [-0.4, -0.2) is 29.5 Å². The van der Waals surface area contributed by atoms with Gasteiger partial charge in [0, 0.05) is 4.47 Å². The molecular weight excluding hydrogens is 392 g/mol. The molecule has 2 amide bonds. The minimum atomic E-state index is -0.839. The number of rotatable bonds is 4. The van der Waals surface area contributed by atoms with E-state index in [2.05, 4.69) is 26.8 Å². The third kappa shape index (κ3) is 4.80. The molecule has 0 aliphatic rings. The number of para-hydroxylation sites is 1. The van der Waals surface area contributed by atoms with Gasteiger partial charge in [-0.2, -0.15) is 0 Å². The molecule has 0 aliphatic heterocycles. The SMILES string of the molecule is Cc1cccc(C(=O)OCC(=O)NNC(=O)c2ccccc2Br)c1O. The lowest BCUT2D eigenvalue weighted by molar-refractivity contribution is -0.125. The van der Waals surface area contributed by atoms with Crippen molar-refractivity contribution in [3.8, 4) is 5.75 Å². The van der Waals surface area contributed by atoms with E-state index in [1.807, 2.05) is 0 Å². The molecule has 8 heteroatoms. The number of phenolic OH excluding ortho intramolecular Hbond substituents is 1. The smallest absolute Gasteiger partial charge is 0.342 e. The number of amides is 2. The van der Waals surface area contributed by atoms with E-state index in [-0.39, 0.29) is 11.3 Å². The van der Waals surface area contributed by atoms with Crippen molar-refractivity contribution in [1.29, 1.82) is 0 Å². The molecular formula is C17H15BrN2O5. The number of carbonyl (C=O) groups is 3. The van der Waals surface area contributed by atoms with Crippen LogP contribution in [0, 0.1) is 6.92 Å². The van der Waals surface area contributed by atoms with Crippen molar-refractivity contribution in [1.82, 2.24) is 10.9 Å². The summed E-state index contributed by atoms with van der Waals surface area (Å²) < 4.78 is 5.39. The van der Waals surface area contributed by atoms with Gasteiger partial charge in [0.05, 0.1) is 5.56 Å². The molecule has 0 heterocycles. The van der Waals surface area contributed by atoms with E-state index in [9.17, 15) is 19.5 Å². The van der Waals surface area contributed by atoms with Crippen molar-refractivity contribution in [2.45, 2.75) is 6.92 Å². The van der Waals surface area contributed by atoms with Gasteiger partial charge in [0.25, 0.3) is 11.8 Å². The van der Waals surface area contributed by atoms with Gasteiger partial charge in [0.1, 0.15) is 11.3 Å². The molecule has 0 fully saturated rings. The first-order valence-corrected chi connectivity index (χ1v) is 7.99. The number of aromatic hydroxyl groups is 1. The Balaban J connectivity index is 1.85. The summed E-state index contributed by atoms with van der Waals surface area (Å²) in [5.74, 6) is -2.28. The van der Waals surface area contributed by atoms with Gasteiger partial charge >= 0.3 is 5.97 Å². The van der Waals surface area contributed by atoms with Crippen molar-refractivity contribution in [3.63, 3.8) is 0 Å². The summed E-state index contributed by atoms with van der Waals surface area (Å²) in [5, 5.41) is 9.80. The molecule has 0 spiro atoms. The van der Waals surface area contributed by atoms with Crippen LogP contribution in [0.3, 0.4) is 0 Å². The highest BCUT2D eigenvalue weighted by atomic mass is 79.9. The molecule has 0 aromatic heterocycles. The average molecular weight is 407 g/mol. The van der Waals surface area contributed by atoms with Crippen molar-refractivity contribution in [2.75, 3.05) is 6.61 Å². The maximum Gasteiger partial charge on any atom is 0.342 e. The molecule has 25 heavy (non-hydrogen) atoms. The summed E-state index contributed by atoms with van der Waals surface area (Å²) >= 11 is 3.23. The fourth-order valence-corrected chi connectivity index (χ4v) is 2.37. The van der Waals surface area contributed by atoms with E-state index in [1.54, 1.807) is 43.3 Å². The highest BCUT2D eigenvalue weighted by Crippen LogP contribution is 2.22. The zero-order chi connectivity index (χ0) is 18.4. The number of nitrogens with one attached hydrogen (secondary N) is 2. The summed E-state index contributed by atoms with van der Waals surface area (Å²) in [6, 6.07) is 11.3. The van der Waals surface area contributed by atoms with Crippen LogP contribution in [0.25, 0.3) is 0 Å². The van der Waals surface area contributed by atoms with Gasteiger partial charge in [-0.25, -0.2) is 4.79 Å². The number of esters is 1. The molecule has 0 radical (unpaired) electrons. The monoisotopic (exact) mass is 406 g/mol. The highest BCUT2D eigenvalue weighted by Gasteiger charge is 2.16. The molecule has 0 atom stereocenters. The second kappa shape index (κ2) is 8.29. The zero-order valence-corrected chi connectivity index (χ0v) is 14.8. The zero-order valence-electron chi connectivity index (χ0n) is 13.2. The molecule has 0 aliphatic carbocycles. The lowest BCUT2D eigenvalue weighted by Gasteiger charge is -2.10. The van der Waals surface area contributed by atoms with Crippen molar-refractivity contribution in [3.05, 3.63) is 63.6 Å². The Bertz CT molecular complexity index is 822. The fraction of sp³-hybridized carbons (Fsp3) is 0.118. The quantitative estimate of drug-likeness (QED) is 0.532. The summed E-state index contributed by atoms with van der Waals surface area (Å²) in [5.41, 5.74) is 5.17. The maximum atomic E-state index is 11.9. The number of halogens is 1. The fourth-order valence-electron chi connectivity index (χ4n) is 1.91. The molecule has 130 valence electrons. The van der Waals surface area contributed by atoms with Crippen LogP contribution in [-0.2, 0) is 9.53 Å². The predicted octanol–water partition coefficient (Wildman–Crippen LogP) is 2.08. The van der Waals surface area contributed by atoms with E-state index in [4.69, 9.17) is 4.74 Å². The number of benzene rings is 2. The number of phenols is 1. The number of hydrogen-bond donors (Lipinski definition) is 3. The van der Waals surface area contributed by atoms with Crippen LogP contribution in [0.5, 0.6) is 5.75 Å². The number of hydrazine groups is 1. The predicted molar refractivity (Wildman–Crippen MR) is 92.9 cm³/mol. The van der Waals surface area contributed by atoms with Gasteiger partial charge in [-0.3, -0.25) is 20.4 Å². The molecule has 2 aromatic carbocycles. The Morgan fingerprint density at radius 3 is 2.44 bits per heavy atom. The second-order valence-electron chi connectivity index (χ2n) is 5.03. The van der Waals surface area contributed by atoms with E-state index >= 15 is 0 Å². The first kappa shape index (κ1) is 18.5. The summed E-state index contributed by atoms with van der Waals surface area (Å²) in [6.07, 6.45) is 0. The first-order chi connectivity index (χ1) is 11.9. The van der Waals surface area contributed by atoms with Gasteiger partial charge in [-0.05, 0) is 46.6 Å². The van der Waals surface area contributed by atoms with Crippen LogP contribution in [0.4, 0.5) is 0 Å². The molecule has 0 bridgehead atoms. The number of aryl methyl sites for hydroxylation is 1. The molecule has 0 saturated carbocycles. The first-order valence-electron chi connectivity index (χ1n) is 7.19. The van der Waals surface area contributed by atoms with Crippen molar-refractivity contribution >= 4 is 33.7 Å². The number of ether oxygens (including phenoxy) is 1. The molecule has 2 rings (SSSR count). The lowest BCUT2D eigenvalue weighted by Crippen LogP contribution is -2.43. The second-order valence-corrected chi connectivity index (χ2v) is 5.88. The maximum absolute atomic E-state index is 11.9. The van der Waals surface area contributed by atoms with Crippen molar-refractivity contribution in [2.24, 2.45) is 0 Å². The molecule has 2 aromatic rings. The Labute approximate surface area is 152 Å². The Morgan fingerprint density at radius 1 is 1.04 bits per heavy atom. The summed E-state index contributed by atoms with van der Waals surface area (Å²) in [6.45, 7) is 1.03. The number of hydrogen-bond acceptors (Lipinski definition) is 5. The van der Waals surface area contributed by atoms with Gasteiger partial charge in [0.2, 0.25) is 0 Å². The molecule has 0 unspecified atom stereocenters. The normalized spacial score (nSPS) is 10.0. The number of carbonyl (C=O) groups excluding carboxylic acids is 3. The Hall–Kier alpha value is -2.87. The van der Waals surface area contributed by atoms with Gasteiger partial charge < -0.3 is 9.84 Å². The van der Waals surface area contributed by atoms with Crippen LogP contribution in [0.2, 0.25) is 0 Å². The topological polar surface area (TPSA) is 105 Å². The summed E-state index contributed by atoms with van der Waals surface area (Å²) in [4.78, 5) is 35.5. The van der Waals surface area contributed by atoms with E-state index in [0.29, 0.717) is 15.6 Å². The minimum Gasteiger partial charge on any atom is -0.507 e. The average Bonchev–Trinajstić information content (AvgIpc) is 2.60. The van der Waals surface area contributed by atoms with Gasteiger partial charge in [-0.1, -0.05) is 24.3 Å². The third-order valence-corrected chi connectivity index (χ3v) is 3.92. The summed E-state index contributed by atoms with van der Waals surface area (Å²) in [7, 11) is 0. The lowest BCUT2D eigenvalue weighted by atomic mass is 10.1. The van der Waals surface area contributed by atoms with Gasteiger partial charge in [-0.15, -0.1) is 0 Å². The van der Waals surface area contributed by atoms with Crippen LogP contribution >= 0.6 is 15.9 Å². The standard InChI is InChI=1S/C17H15BrN2O5/c1-10-5-4-7-12(15(10)22)17(24)25-9-14(21)19-20-16(23)11-6-2-3-8-13(11)18/h2-8,22H,9H2,1H3,(H,19,21)(H,20,23). The van der Waals surface area contributed by atoms with Crippen LogP contribution in [0.15, 0.2) is 46.9 Å². The van der Waals surface area contributed by atoms with E-state index < -0.39 is 24.4 Å². The molecule has 0 saturated heterocycles. The third-order valence-electron chi connectivity index (χ3n) is 3.23. The highest BCUT2D eigenvalue weighted by molar-refractivity contribution is 9.10. The van der Waals surface area contributed by atoms with Crippen LogP contribution in [0.1, 0.15) is 26.3 Å². The Kier molecular flexibility index (Phi) is 6.13.